The van der Waals surface area contributed by atoms with Crippen LogP contribution in [0.15, 0.2) is 24.4 Å². The molecule has 0 aliphatic carbocycles. The molecule has 0 aromatic carbocycles. The highest BCUT2D eigenvalue weighted by Gasteiger charge is 2.11. The molecule has 0 radical (unpaired) electrons. The van der Waals surface area contributed by atoms with Gasteiger partial charge in [-0.15, -0.1) is 0 Å². The van der Waals surface area contributed by atoms with Crippen molar-refractivity contribution in [1.82, 2.24) is 9.66 Å². The lowest BCUT2D eigenvalue weighted by Gasteiger charge is -2.12. The molecule has 2 aromatic heterocycles. The van der Waals surface area contributed by atoms with Crippen LogP contribution in [0.3, 0.4) is 0 Å². The lowest BCUT2D eigenvalue weighted by atomic mass is 10.4. The zero-order valence-electron chi connectivity index (χ0n) is 9.85. The van der Waals surface area contributed by atoms with Gasteiger partial charge in [-0.25, -0.2) is 4.98 Å². The fraction of sp³-hybridized carbons (Fsp3) is 0.182. The molecular formula is C11H11ClN4O2. The largest absolute Gasteiger partial charge is 0.289 e. The minimum Gasteiger partial charge on any atom is -0.276 e. The lowest BCUT2D eigenvalue weighted by Crippen LogP contribution is -2.13. The minimum absolute atomic E-state index is 0.133. The molecule has 0 aliphatic heterocycles. The van der Waals surface area contributed by atoms with E-state index < -0.39 is 4.92 Å². The Labute approximate surface area is 108 Å². The number of pyridine rings is 1. The first kappa shape index (κ1) is 12.4. The molecular weight excluding hydrogens is 256 g/mol. The van der Waals surface area contributed by atoms with Crippen LogP contribution in [0.5, 0.6) is 0 Å². The van der Waals surface area contributed by atoms with E-state index in [1.807, 2.05) is 26.0 Å². The van der Waals surface area contributed by atoms with E-state index in [0.717, 1.165) is 11.4 Å². The molecule has 18 heavy (non-hydrogen) atoms. The summed E-state index contributed by atoms with van der Waals surface area (Å²) in [6.07, 6.45) is 1.17. The molecule has 0 atom stereocenters. The maximum Gasteiger partial charge on any atom is 0.289 e. The Hall–Kier alpha value is -2.08. The number of nitro groups is 1. The zero-order chi connectivity index (χ0) is 13.3. The molecule has 0 unspecified atom stereocenters. The van der Waals surface area contributed by atoms with E-state index in [1.165, 1.54) is 12.3 Å². The van der Waals surface area contributed by atoms with Gasteiger partial charge < -0.3 is 0 Å². The van der Waals surface area contributed by atoms with Crippen LogP contribution < -0.4 is 5.43 Å². The Kier molecular flexibility index (Phi) is 3.20. The van der Waals surface area contributed by atoms with Crippen molar-refractivity contribution in [3.05, 3.63) is 50.9 Å². The highest BCUT2D eigenvalue weighted by Crippen LogP contribution is 2.24. The summed E-state index contributed by atoms with van der Waals surface area (Å²) in [5, 5.41) is 10.8. The Balaban J connectivity index is 2.33. The summed E-state index contributed by atoms with van der Waals surface area (Å²) in [6, 6.07) is 5.16. The summed E-state index contributed by atoms with van der Waals surface area (Å²) in [7, 11) is 0. The third-order valence-corrected chi connectivity index (χ3v) is 2.81. The van der Waals surface area contributed by atoms with Crippen molar-refractivity contribution < 1.29 is 4.92 Å². The van der Waals surface area contributed by atoms with E-state index in [9.17, 15) is 10.1 Å². The van der Waals surface area contributed by atoms with Gasteiger partial charge in [-0.1, -0.05) is 11.6 Å². The molecule has 1 N–H and O–H groups in total. The highest BCUT2D eigenvalue weighted by molar-refractivity contribution is 6.33. The summed E-state index contributed by atoms with van der Waals surface area (Å²) in [5.74, 6) is 0.379. The maximum absolute atomic E-state index is 10.6. The summed E-state index contributed by atoms with van der Waals surface area (Å²) >= 11 is 5.95. The van der Waals surface area contributed by atoms with Gasteiger partial charge in [-0.05, 0) is 26.0 Å². The topological polar surface area (TPSA) is 73.0 Å². The number of hydrogen-bond donors (Lipinski definition) is 1. The third-order valence-electron chi connectivity index (χ3n) is 2.53. The second-order valence-electron chi connectivity index (χ2n) is 3.84. The van der Waals surface area contributed by atoms with Crippen LogP contribution in [-0.4, -0.2) is 14.6 Å². The van der Waals surface area contributed by atoms with Gasteiger partial charge in [-0.3, -0.25) is 20.2 Å². The van der Waals surface area contributed by atoms with Gasteiger partial charge in [0.1, 0.15) is 6.20 Å². The molecule has 0 saturated heterocycles. The normalized spacial score (nSPS) is 10.4. The van der Waals surface area contributed by atoms with E-state index >= 15 is 0 Å². The molecule has 0 fully saturated rings. The smallest absolute Gasteiger partial charge is 0.276 e. The SMILES string of the molecule is Cc1ccc(C)n1Nc1ncc([N+](=O)[O-])cc1Cl. The van der Waals surface area contributed by atoms with E-state index in [-0.39, 0.29) is 10.7 Å². The van der Waals surface area contributed by atoms with Crippen molar-refractivity contribution in [3.8, 4) is 0 Å². The van der Waals surface area contributed by atoms with E-state index in [2.05, 4.69) is 10.4 Å². The van der Waals surface area contributed by atoms with Gasteiger partial charge in [-0.2, -0.15) is 0 Å². The van der Waals surface area contributed by atoms with Gasteiger partial charge in [0.25, 0.3) is 5.69 Å². The number of halogens is 1. The molecule has 2 heterocycles. The predicted octanol–water partition coefficient (Wildman–Crippen LogP) is 2.94. The van der Waals surface area contributed by atoms with Gasteiger partial charge >= 0.3 is 0 Å². The van der Waals surface area contributed by atoms with Gasteiger partial charge in [0, 0.05) is 17.5 Å². The number of hydrogen-bond acceptors (Lipinski definition) is 4. The predicted molar refractivity (Wildman–Crippen MR) is 68.8 cm³/mol. The molecule has 94 valence electrons. The Bertz CT molecular complexity index is 590. The fourth-order valence-corrected chi connectivity index (χ4v) is 1.76. The lowest BCUT2D eigenvalue weighted by molar-refractivity contribution is -0.385. The van der Waals surface area contributed by atoms with Crippen molar-refractivity contribution in [2.75, 3.05) is 5.43 Å². The number of aryl methyl sites for hydroxylation is 2. The van der Waals surface area contributed by atoms with Crippen LogP contribution in [0, 0.1) is 24.0 Å². The quantitative estimate of drug-likeness (QED) is 0.685. The van der Waals surface area contributed by atoms with Crippen molar-refractivity contribution >= 4 is 23.1 Å². The molecule has 0 saturated carbocycles. The van der Waals surface area contributed by atoms with Crippen LogP contribution in [0.1, 0.15) is 11.4 Å². The Morgan fingerprint density at radius 2 is 2.00 bits per heavy atom. The maximum atomic E-state index is 10.6. The Morgan fingerprint density at radius 1 is 1.39 bits per heavy atom. The van der Waals surface area contributed by atoms with E-state index in [1.54, 1.807) is 4.68 Å². The zero-order valence-corrected chi connectivity index (χ0v) is 10.6. The van der Waals surface area contributed by atoms with Crippen LogP contribution in [0.2, 0.25) is 5.02 Å². The second kappa shape index (κ2) is 4.66. The number of nitrogens with one attached hydrogen (secondary N) is 1. The van der Waals surface area contributed by atoms with E-state index in [0.29, 0.717) is 5.82 Å². The van der Waals surface area contributed by atoms with E-state index in [4.69, 9.17) is 11.6 Å². The summed E-state index contributed by atoms with van der Waals surface area (Å²) in [5.41, 5.74) is 4.85. The van der Waals surface area contributed by atoms with Crippen LogP contribution in [0.25, 0.3) is 0 Å². The van der Waals surface area contributed by atoms with Gasteiger partial charge in [0.2, 0.25) is 0 Å². The number of aromatic nitrogens is 2. The highest BCUT2D eigenvalue weighted by atomic mass is 35.5. The molecule has 7 heteroatoms. The average Bonchev–Trinajstić information content (AvgIpc) is 2.63. The standard InChI is InChI=1S/C11H11ClN4O2/c1-7-3-4-8(2)15(7)14-11-10(12)5-9(6-13-11)16(17)18/h3-6H,1-2H3,(H,13,14). The van der Waals surface area contributed by atoms with Crippen LogP contribution >= 0.6 is 11.6 Å². The summed E-state index contributed by atoms with van der Waals surface area (Å²) in [6.45, 7) is 3.86. The van der Waals surface area contributed by atoms with Crippen molar-refractivity contribution in [2.45, 2.75) is 13.8 Å². The van der Waals surface area contributed by atoms with Crippen LogP contribution in [-0.2, 0) is 0 Å². The van der Waals surface area contributed by atoms with Crippen molar-refractivity contribution in [1.29, 1.82) is 0 Å². The van der Waals surface area contributed by atoms with Gasteiger partial charge in [0.15, 0.2) is 5.82 Å². The Morgan fingerprint density at radius 3 is 2.50 bits per heavy atom. The van der Waals surface area contributed by atoms with Crippen molar-refractivity contribution in [2.24, 2.45) is 0 Å². The monoisotopic (exact) mass is 266 g/mol. The molecule has 0 bridgehead atoms. The molecule has 2 aromatic rings. The summed E-state index contributed by atoms with van der Waals surface area (Å²) in [4.78, 5) is 14.0. The minimum atomic E-state index is -0.533. The number of rotatable bonds is 3. The second-order valence-corrected chi connectivity index (χ2v) is 4.25. The molecule has 0 amide bonds. The van der Waals surface area contributed by atoms with Crippen LogP contribution in [0.4, 0.5) is 11.5 Å². The number of anilines is 1. The fourth-order valence-electron chi connectivity index (χ4n) is 1.56. The molecule has 0 spiro atoms. The molecule has 2 rings (SSSR count). The first-order chi connectivity index (χ1) is 8.49. The first-order valence-corrected chi connectivity index (χ1v) is 5.59. The number of nitrogens with zero attached hydrogens (tertiary/aromatic N) is 3. The average molecular weight is 267 g/mol. The molecule has 0 aliphatic rings. The molecule has 6 nitrogen and oxygen atoms in total. The summed E-state index contributed by atoms with van der Waals surface area (Å²) < 4.78 is 1.81. The van der Waals surface area contributed by atoms with Crippen molar-refractivity contribution in [3.63, 3.8) is 0 Å². The first-order valence-electron chi connectivity index (χ1n) is 5.21. The third kappa shape index (κ3) is 2.28. The van der Waals surface area contributed by atoms with Gasteiger partial charge in [0.05, 0.1) is 9.95 Å².